The Hall–Kier alpha value is -2.47. The summed E-state index contributed by atoms with van der Waals surface area (Å²) in [5.74, 6) is -2.95. The summed E-state index contributed by atoms with van der Waals surface area (Å²) in [6.45, 7) is 0. The Bertz CT molecular complexity index is 964. The van der Waals surface area contributed by atoms with Gasteiger partial charge in [0.1, 0.15) is 0 Å². The lowest BCUT2D eigenvalue weighted by molar-refractivity contribution is -0.131. The van der Waals surface area contributed by atoms with Crippen molar-refractivity contribution in [2.45, 2.75) is 62.3 Å². The molecule has 0 saturated heterocycles. The lowest BCUT2D eigenvalue weighted by atomic mass is 9.63. The maximum Gasteiger partial charge on any atom is 0.255 e. The van der Waals surface area contributed by atoms with Crippen molar-refractivity contribution in [3.63, 3.8) is 0 Å². The van der Waals surface area contributed by atoms with Crippen molar-refractivity contribution < 1.29 is 18.4 Å². The second-order valence-corrected chi connectivity index (χ2v) is 9.02. The Kier molecular flexibility index (Phi) is 6.02. The molecule has 0 atom stereocenters. The number of hydrogen-bond acceptors (Lipinski definition) is 2. The van der Waals surface area contributed by atoms with Crippen LogP contribution < -0.4 is 10.6 Å². The quantitative estimate of drug-likeness (QED) is 0.618. The van der Waals surface area contributed by atoms with Gasteiger partial charge in [0.15, 0.2) is 0 Å². The highest BCUT2D eigenvalue weighted by Crippen LogP contribution is 2.45. The highest BCUT2D eigenvalue weighted by molar-refractivity contribution is 6.31. The fourth-order valence-electron chi connectivity index (χ4n) is 4.39. The lowest BCUT2D eigenvalue weighted by Gasteiger charge is -2.42. The van der Waals surface area contributed by atoms with Gasteiger partial charge in [-0.1, -0.05) is 36.2 Å². The fourth-order valence-corrected chi connectivity index (χ4v) is 4.58. The van der Waals surface area contributed by atoms with E-state index in [0.29, 0.717) is 29.1 Å². The number of alkyl halides is 2. The molecule has 0 radical (unpaired) electrons. The number of halogens is 3. The molecule has 4 nitrogen and oxygen atoms in total. The molecule has 0 aliphatic heterocycles. The van der Waals surface area contributed by atoms with E-state index in [2.05, 4.69) is 10.6 Å². The molecule has 4 rings (SSSR count). The Labute approximate surface area is 185 Å². The van der Waals surface area contributed by atoms with Gasteiger partial charge in [-0.15, -0.1) is 0 Å². The van der Waals surface area contributed by atoms with Crippen LogP contribution in [0.2, 0.25) is 5.02 Å². The maximum absolute atomic E-state index is 13.4. The van der Waals surface area contributed by atoms with Gasteiger partial charge >= 0.3 is 0 Å². The van der Waals surface area contributed by atoms with Crippen LogP contribution in [-0.2, 0) is 10.2 Å². The first kappa shape index (κ1) is 21.8. The largest absolute Gasteiger partial charge is 0.353 e. The van der Waals surface area contributed by atoms with E-state index in [1.54, 1.807) is 36.4 Å². The first-order chi connectivity index (χ1) is 14.8. The van der Waals surface area contributed by atoms with Crippen LogP contribution in [0.5, 0.6) is 0 Å². The predicted molar refractivity (Wildman–Crippen MR) is 117 cm³/mol. The Morgan fingerprint density at radius 2 is 1.65 bits per heavy atom. The van der Waals surface area contributed by atoms with Gasteiger partial charge in [-0.25, -0.2) is 8.78 Å². The molecule has 2 aromatic carbocycles. The highest BCUT2D eigenvalue weighted by Gasteiger charge is 2.46. The molecule has 0 aromatic heterocycles. The van der Waals surface area contributed by atoms with Crippen molar-refractivity contribution in [2.75, 3.05) is 5.32 Å². The number of rotatable bonds is 5. The van der Waals surface area contributed by atoms with Crippen LogP contribution in [0.25, 0.3) is 0 Å². The van der Waals surface area contributed by atoms with Crippen LogP contribution in [-0.4, -0.2) is 23.8 Å². The van der Waals surface area contributed by atoms with E-state index in [1.807, 2.05) is 12.1 Å². The number of benzene rings is 2. The molecule has 2 aliphatic rings. The van der Waals surface area contributed by atoms with Gasteiger partial charge in [0.25, 0.3) is 5.91 Å². The number of anilines is 1. The zero-order chi connectivity index (χ0) is 22.1. The van der Waals surface area contributed by atoms with Gasteiger partial charge in [-0.3, -0.25) is 9.59 Å². The summed E-state index contributed by atoms with van der Waals surface area (Å²) in [6.07, 6.45) is 2.68. The van der Waals surface area contributed by atoms with Crippen molar-refractivity contribution in [1.29, 1.82) is 0 Å². The summed E-state index contributed by atoms with van der Waals surface area (Å²) in [5.41, 5.74) is 1.36. The highest BCUT2D eigenvalue weighted by atomic mass is 35.5. The van der Waals surface area contributed by atoms with Gasteiger partial charge in [0.2, 0.25) is 11.8 Å². The molecule has 2 amide bonds. The van der Waals surface area contributed by atoms with E-state index < -0.39 is 11.3 Å². The third kappa shape index (κ3) is 4.74. The van der Waals surface area contributed by atoms with E-state index in [1.165, 1.54) is 0 Å². The van der Waals surface area contributed by atoms with E-state index in [-0.39, 0.29) is 30.7 Å². The molecular weight excluding hydrogens is 422 g/mol. The average molecular weight is 447 g/mol. The number of nitrogens with one attached hydrogen (secondary N) is 2. The molecule has 2 N–H and O–H groups in total. The van der Waals surface area contributed by atoms with E-state index in [9.17, 15) is 18.4 Å². The van der Waals surface area contributed by atoms with Crippen LogP contribution in [0.4, 0.5) is 14.5 Å². The summed E-state index contributed by atoms with van der Waals surface area (Å²) >= 11 is 5.94. The molecule has 7 heteroatoms. The molecular formula is C24H25ClF2N2O2. The predicted octanol–water partition coefficient (Wildman–Crippen LogP) is 5.71. The SMILES string of the molecule is O=C(Nc1ccc(C2(C(=O)NC3CCC(F)(F)CC3)CCC2)cc1)c1cccc(Cl)c1. The second-order valence-electron chi connectivity index (χ2n) is 8.58. The lowest BCUT2D eigenvalue weighted by Crippen LogP contribution is -2.53. The normalized spacial score (nSPS) is 19.8. The van der Waals surface area contributed by atoms with Crippen molar-refractivity contribution in [3.8, 4) is 0 Å². The number of carbonyl (C=O) groups excluding carboxylic acids is 2. The molecule has 0 bridgehead atoms. The van der Waals surface area contributed by atoms with E-state index >= 15 is 0 Å². The van der Waals surface area contributed by atoms with E-state index in [0.717, 1.165) is 24.8 Å². The third-order valence-electron chi connectivity index (χ3n) is 6.48. The number of amides is 2. The summed E-state index contributed by atoms with van der Waals surface area (Å²) in [7, 11) is 0. The second kappa shape index (κ2) is 8.58. The topological polar surface area (TPSA) is 58.2 Å². The standard InChI is InChI=1S/C24H25ClF2N2O2/c25-18-4-1-3-16(15-18)21(30)28-19-7-5-17(6-8-19)23(11-2-12-23)22(31)29-20-9-13-24(26,27)14-10-20/h1,3-8,15,20H,2,9-14H2,(H,28,30)(H,29,31). The first-order valence-corrected chi connectivity index (χ1v) is 11.0. The van der Waals surface area contributed by atoms with E-state index in [4.69, 9.17) is 11.6 Å². The van der Waals surface area contributed by atoms with Gasteiger partial charge in [-0.2, -0.15) is 0 Å². The Morgan fingerprint density at radius 1 is 0.968 bits per heavy atom. The van der Waals surface area contributed by atoms with Crippen LogP contribution in [0.3, 0.4) is 0 Å². The zero-order valence-electron chi connectivity index (χ0n) is 17.1. The van der Waals surface area contributed by atoms with Gasteiger partial charge in [-0.05, 0) is 61.6 Å². The Morgan fingerprint density at radius 3 is 2.23 bits per heavy atom. The Balaban J connectivity index is 1.42. The summed E-state index contributed by atoms with van der Waals surface area (Å²) in [4.78, 5) is 25.5. The van der Waals surface area contributed by atoms with Crippen molar-refractivity contribution >= 4 is 29.1 Å². The molecule has 2 fully saturated rings. The third-order valence-corrected chi connectivity index (χ3v) is 6.71. The molecule has 31 heavy (non-hydrogen) atoms. The van der Waals surface area contributed by atoms with Crippen molar-refractivity contribution in [3.05, 3.63) is 64.7 Å². The first-order valence-electron chi connectivity index (χ1n) is 10.6. The molecule has 164 valence electrons. The molecule has 0 spiro atoms. The zero-order valence-corrected chi connectivity index (χ0v) is 17.9. The monoisotopic (exact) mass is 446 g/mol. The van der Waals surface area contributed by atoms with Crippen LogP contribution in [0.15, 0.2) is 48.5 Å². The van der Waals surface area contributed by atoms with Gasteiger partial charge in [0.05, 0.1) is 5.41 Å². The van der Waals surface area contributed by atoms with Gasteiger partial charge in [0, 0.05) is 35.2 Å². The smallest absolute Gasteiger partial charge is 0.255 e. The fraction of sp³-hybridized carbons (Fsp3) is 0.417. The molecule has 0 unspecified atom stereocenters. The van der Waals surface area contributed by atoms with Crippen LogP contribution in [0, 0.1) is 0 Å². The van der Waals surface area contributed by atoms with Crippen molar-refractivity contribution in [2.24, 2.45) is 0 Å². The number of hydrogen-bond donors (Lipinski definition) is 2. The number of carbonyl (C=O) groups is 2. The summed E-state index contributed by atoms with van der Waals surface area (Å²) in [5, 5.41) is 6.34. The minimum absolute atomic E-state index is 0.0790. The summed E-state index contributed by atoms with van der Waals surface area (Å²) in [6, 6.07) is 13.8. The van der Waals surface area contributed by atoms with Gasteiger partial charge < -0.3 is 10.6 Å². The van der Waals surface area contributed by atoms with Crippen LogP contribution in [0.1, 0.15) is 60.9 Å². The molecule has 2 saturated carbocycles. The average Bonchev–Trinajstić information content (AvgIpc) is 2.70. The maximum atomic E-state index is 13.4. The molecule has 2 aromatic rings. The molecule has 0 heterocycles. The van der Waals surface area contributed by atoms with Crippen LogP contribution >= 0.6 is 11.6 Å². The minimum Gasteiger partial charge on any atom is -0.353 e. The minimum atomic E-state index is -2.61. The summed E-state index contributed by atoms with van der Waals surface area (Å²) < 4.78 is 26.8. The van der Waals surface area contributed by atoms with Crippen molar-refractivity contribution in [1.82, 2.24) is 5.32 Å². The molecule has 2 aliphatic carbocycles.